The maximum absolute atomic E-state index is 11.4. The van der Waals surface area contributed by atoms with Crippen molar-refractivity contribution in [3.8, 4) is 6.07 Å². The number of benzene rings is 1. The molecule has 0 saturated carbocycles. The Bertz CT molecular complexity index is 421. The van der Waals surface area contributed by atoms with Crippen molar-refractivity contribution in [1.82, 2.24) is 0 Å². The van der Waals surface area contributed by atoms with Gasteiger partial charge in [-0.25, -0.2) is 0 Å². The van der Waals surface area contributed by atoms with Crippen LogP contribution < -0.4 is 5.32 Å². The molecule has 0 saturated heterocycles. The highest BCUT2D eigenvalue weighted by atomic mass is 35.5. The summed E-state index contributed by atoms with van der Waals surface area (Å²) in [5.41, 5.74) is 1.01. The number of hydrogen-bond donors (Lipinski definition) is 1. The summed E-state index contributed by atoms with van der Waals surface area (Å²) in [4.78, 5) is 11.4. The van der Waals surface area contributed by atoms with Crippen molar-refractivity contribution in [2.24, 2.45) is 5.92 Å². The van der Waals surface area contributed by atoms with E-state index in [9.17, 15) is 4.79 Å². The highest BCUT2D eigenvalue weighted by Gasteiger charge is 2.08. The third-order valence-electron chi connectivity index (χ3n) is 1.88. The van der Waals surface area contributed by atoms with E-state index in [0.29, 0.717) is 16.3 Å². The minimum Gasteiger partial charge on any atom is -0.326 e. The number of nitrogens with one attached hydrogen (secondary N) is 1. The number of nitrogens with zero attached hydrogens (tertiary/aromatic N) is 1. The highest BCUT2D eigenvalue weighted by Crippen LogP contribution is 2.20. The Labute approximate surface area is 93.7 Å². The number of amides is 1. The predicted molar refractivity (Wildman–Crippen MR) is 59.6 cm³/mol. The zero-order valence-electron chi connectivity index (χ0n) is 8.54. The SMILES string of the molecule is CC(C)C(=O)Nc1ccc(C#N)c(Cl)c1. The number of carbonyl (C=O) groups excluding carboxylic acids is 1. The molecule has 1 amide bonds. The fraction of sp³-hybridized carbons (Fsp3) is 0.273. The van der Waals surface area contributed by atoms with E-state index in [-0.39, 0.29) is 11.8 Å². The number of anilines is 1. The molecule has 1 aromatic carbocycles. The Kier molecular flexibility index (Phi) is 3.70. The summed E-state index contributed by atoms with van der Waals surface area (Å²) in [5.74, 6) is -0.157. The molecule has 0 aliphatic heterocycles. The van der Waals surface area contributed by atoms with Gasteiger partial charge in [-0.3, -0.25) is 4.79 Å². The maximum atomic E-state index is 11.4. The highest BCUT2D eigenvalue weighted by molar-refractivity contribution is 6.32. The van der Waals surface area contributed by atoms with E-state index in [1.165, 1.54) is 0 Å². The summed E-state index contributed by atoms with van der Waals surface area (Å²) in [6.45, 7) is 3.61. The summed E-state index contributed by atoms with van der Waals surface area (Å²) in [6, 6.07) is 6.76. The van der Waals surface area contributed by atoms with Crippen LogP contribution in [0.5, 0.6) is 0 Å². The van der Waals surface area contributed by atoms with Crippen molar-refractivity contribution in [3.63, 3.8) is 0 Å². The molecule has 0 spiro atoms. The van der Waals surface area contributed by atoms with Gasteiger partial charge < -0.3 is 5.32 Å². The molecule has 0 heterocycles. The summed E-state index contributed by atoms with van der Waals surface area (Å²) in [5, 5.41) is 11.7. The first-order valence-electron chi connectivity index (χ1n) is 4.55. The van der Waals surface area contributed by atoms with Crippen LogP contribution >= 0.6 is 11.6 Å². The van der Waals surface area contributed by atoms with E-state index in [4.69, 9.17) is 16.9 Å². The van der Waals surface area contributed by atoms with Gasteiger partial charge in [0.1, 0.15) is 6.07 Å². The van der Waals surface area contributed by atoms with Crippen LogP contribution in [0, 0.1) is 17.2 Å². The smallest absolute Gasteiger partial charge is 0.226 e. The lowest BCUT2D eigenvalue weighted by atomic mass is 10.2. The molecule has 1 N–H and O–H groups in total. The third-order valence-corrected chi connectivity index (χ3v) is 2.19. The second kappa shape index (κ2) is 4.81. The maximum Gasteiger partial charge on any atom is 0.226 e. The van der Waals surface area contributed by atoms with Crippen LogP contribution in [0.3, 0.4) is 0 Å². The third kappa shape index (κ3) is 2.97. The van der Waals surface area contributed by atoms with Gasteiger partial charge in [0, 0.05) is 11.6 Å². The largest absolute Gasteiger partial charge is 0.326 e. The predicted octanol–water partition coefficient (Wildman–Crippen LogP) is 2.81. The monoisotopic (exact) mass is 222 g/mol. The first-order valence-corrected chi connectivity index (χ1v) is 4.93. The van der Waals surface area contributed by atoms with Gasteiger partial charge in [-0.2, -0.15) is 5.26 Å². The molecule has 0 aliphatic rings. The molecule has 1 aromatic rings. The Morgan fingerprint density at radius 3 is 2.67 bits per heavy atom. The molecule has 0 aromatic heterocycles. The van der Waals surface area contributed by atoms with Crippen LogP contribution in [0.1, 0.15) is 19.4 Å². The van der Waals surface area contributed by atoms with E-state index in [1.54, 1.807) is 32.0 Å². The molecule has 3 nitrogen and oxygen atoms in total. The van der Waals surface area contributed by atoms with Gasteiger partial charge in [0.2, 0.25) is 5.91 Å². The van der Waals surface area contributed by atoms with Crippen LogP contribution in [0.15, 0.2) is 18.2 Å². The first kappa shape index (κ1) is 11.5. The molecule has 0 unspecified atom stereocenters. The Hall–Kier alpha value is -1.53. The Balaban J connectivity index is 2.86. The van der Waals surface area contributed by atoms with Crippen molar-refractivity contribution in [3.05, 3.63) is 28.8 Å². The molecule has 15 heavy (non-hydrogen) atoms. The van der Waals surface area contributed by atoms with Crippen molar-refractivity contribution in [2.45, 2.75) is 13.8 Å². The van der Waals surface area contributed by atoms with Gasteiger partial charge >= 0.3 is 0 Å². The molecular weight excluding hydrogens is 212 g/mol. The number of rotatable bonds is 2. The average Bonchev–Trinajstić information content (AvgIpc) is 2.18. The van der Waals surface area contributed by atoms with Gasteiger partial charge in [-0.05, 0) is 18.2 Å². The van der Waals surface area contributed by atoms with Crippen molar-refractivity contribution in [1.29, 1.82) is 5.26 Å². The molecule has 0 radical (unpaired) electrons. The fourth-order valence-electron chi connectivity index (χ4n) is 0.970. The van der Waals surface area contributed by atoms with E-state index in [0.717, 1.165) is 0 Å². The lowest BCUT2D eigenvalue weighted by Crippen LogP contribution is -2.17. The zero-order valence-corrected chi connectivity index (χ0v) is 9.30. The van der Waals surface area contributed by atoms with Crippen LogP contribution in [-0.2, 0) is 4.79 Å². The average molecular weight is 223 g/mol. The second-order valence-electron chi connectivity index (χ2n) is 3.45. The number of carbonyl (C=O) groups is 1. The summed E-state index contributed by atoms with van der Waals surface area (Å²) in [6.07, 6.45) is 0. The summed E-state index contributed by atoms with van der Waals surface area (Å²) >= 11 is 5.82. The Morgan fingerprint density at radius 1 is 1.53 bits per heavy atom. The first-order chi connectivity index (χ1) is 7.04. The van der Waals surface area contributed by atoms with E-state index in [2.05, 4.69) is 5.32 Å². The van der Waals surface area contributed by atoms with Crippen molar-refractivity contribution < 1.29 is 4.79 Å². The van der Waals surface area contributed by atoms with Crippen LogP contribution in [0.4, 0.5) is 5.69 Å². The van der Waals surface area contributed by atoms with Gasteiger partial charge in [0.15, 0.2) is 0 Å². The summed E-state index contributed by atoms with van der Waals surface area (Å²) < 4.78 is 0. The normalized spacial score (nSPS) is 9.80. The van der Waals surface area contributed by atoms with Gasteiger partial charge in [-0.1, -0.05) is 25.4 Å². The number of halogens is 1. The van der Waals surface area contributed by atoms with Gasteiger partial charge in [0.25, 0.3) is 0 Å². The molecule has 0 aliphatic carbocycles. The van der Waals surface area contributed by atoms with Crippen LogP contribution in [0.2, 0.25) is 5.02 Å². The lowest BCUT2D eigenvalue weighted by Gasteiger charge is -2.07. The molecule has 4 heteroatoms. The second-order valence-corrected chi connectivity index (χ2v) is 3.86. The molecule has 78 valence electrons. The van der Waals surface area contributed by atoms with Crippen LogP contribution in [0.25, 0.3) is 0 Å². The topological polar surface area (TPSA) is 52.9 Å². The molecular formula is C11H11ClN2O. The fourth-order valence-corrected chi connectivity index (χ4v) is 1.19. The molecule has 0 atom stereocenters. The molecule has 1 rings (SSSR count). The number of nitriles is 1. The Morgan fingerprint density at radius 2 is 2.20 bits per heavy atom. The minimum atomic E-state index is -0.0839. The molecule has 0 fully saturated rings. The van der Waals surface area contributed by atoms with Gasteiger partial charge in [0.05, 0.1) is 10.6 Å². The quantitative estimate of drug-likeness (QED) is 0.837. The minimum absolute atomic E-state index is 0.0734. The van der Waals surface area contributed by atoms with Gasteiger partial charge in [-0.15, -0.1) is 0 Å². The van der Waals surface area contributed by atoms with Crippen molar-refractivity contribution >= 4 is 23.2 Å². The zero-order chi connectivity index (χ0) is 11.4. The summed E-state index contributed by atoms with van der Waals surface area (Å²) in [7, 11) is 0. The van der Waals surface area contributed by atoms with E-state index in [1.807, 2.05) is 6.07 Å². The van der Waals surface area contributed by atoms with Crippen LogP contribution in [-0.4, -0.2) is 5.91 Å². The van der Waals surface area contributed by atoms with Crippen molar-refractivity contribution in [2.75, 3.05) is 5.32 Å². The van der Waals surface area contributed by atoms with E-state index < -0.39 is 0 Å². The number of hydrogen-bond acceptors (Lipinski definition) is 2. The van der Waals surface area contributed by atoms with E-state index >= 15 is 0 Å². The molecule has 0 bridgehead atoms. The lowest BCUT2D eigenvalue weighted by molar-refractivity contribution is -0.118. The standard InChI is InChI=1S/C11H11ClN2O/c1-7(2)11(15)14-9-4-3-8(6-13)10(12)5-9/h3-5,7H,1-2H3,(H,14,15).